The SMILES string of the molecule is Bc1ccc2c(c1)NC(=O)[C@](C)(c1cc(F)cc(F)c1)O2. The number of amides is 1. The third kappa shape index (κ3) is 2.26. The molecule has 0 bridgehead atoms. The van der Waals surface area contributed by atoms with Gasteiger partial charge in [-0.3, -0.25) is 4.79 Å². The molecule has 1 heterocycles. The van der Waals surface area contributed by atoms with Gasteiger partial charge in [-0.05, 0) is 31.2 Å². The van der Waals surface area contributed by atoms with Gasteiger partial charge in [-0.2, -0.15) is 0 Å². The predicted molar refractivity (Wildman–Crippen MR) is 77.6 cm³/mol. The highest BCUT2D eigenvalue weighted by molar-refractivity contribution is 6.32. The molecule has 6 heteroatoms. The third-order valence-electron chi connectivity index (χ3n) is 3.54. The van der Waals surface area contributed by atoms with Crippen molar-refractivity contribution in [3.63, 3.8) is 0 Å². The molecule has 2 aromatic rings. The van der Waals surface area contributed by atoms with E-state index in [9.17, 15) is 13.6 Å². The average Bonchev–Trinajstić information content (AvgIpc) is 2.39. The fourth-order valence-electron chi connectivity index (χ4n) is 2.36. The van der Waals surface area contributed by atoms with Crippen molar-refractivity contribution in [1.29, 1.82) is 0 Å². The Morgan fingerprint density at radius 3 is 2.48 bits per heavy atom. The molecule has 0 unspecified atom stereocenters. The smallest absolute Gasteiger partial charge is 0.273 e. The molecule has 1 amide bonds. The van der Waals surface area contributed by atoms with Crippen molar-refractivity contribution in [1.82, 2.24) is 0 Å². The molecule has 3 nitrogen and oxygen atoms in total. The molecule has 1 aliphatic rings. The van der Waals surface area contributed by atoms with Crippen LogP contribution in [0, 0.1) is 11.6 Å². The van der Waals surface area contributed by atoms with Gasteiger partial charge in [-0.1, -0.05) is 11.5 Å². The van der Waals surface area contributed by atoms with E-state index in [1.807, 2.05) is 13.9 Å². The van der Waals surface area contributed by atoms with Crippen molar-refractivity contribution in [3.8, 4) is 5.75 Å². The number of rotatable bonds is 1. The molecule has 0 saturated carbocycles. The highest BCUT2D eigenvalue weighted by Crippen LogP contribution is 2.38. The van der Waals surface area contributed by atoms with Gasteiger partial charge >= 0.3 is 0 Å². The van der Waals surface area contributed by atoms with Crippen LogP contribution >= 0.6 is 0 Å². The maximum atomic E-state index is 13.4. The van der Waals surface area contributed by atoms with Crippen LogP contribution in [0.25, 0.3) is 0 Å². The number of halogens is 2. The summed E-state index contributed by atoms with van der Waals surface area (Å²) in [4.78, 5) is 12.3. The summed E-state index contributed by atoms with van der Waals surface area (Å²) in [6.45, 7) is 1.49. The summed E-state index contributed by atoms with van der Waals surface area (Å²) in [5, 5.41) is 2.72. The van der Waals surface area contributed by atoms with Crippen molar-refractivity contribution in [3.05, 3.63) is 53.6 Å². The second-order valence-electron chi connectivity index (χ2n) is 5.25. The lowest BCUT2D eigenvalue weighted by Gasteiger charge is -2.35. The average molecular weight is 287 g/mol. The number of benzene rings is 2. The molecule has 2 aromatic carbocycles. The standard InChI is InChI=1S/C15H12BF2NO2/c1-15(8-4-10(17)7-11(18)5-8)14(20)19-12-6-9(16)2-3-13(12)21-15/h2-7H,16H2,1H3,(H,19,20)/t15-/m0/s1. The second-order valence-corrected chi connectivity index (χ2v) is 5.25. The molecule has 0 aromatic heterocycles. The molecule has 1 aliphatic heterocycles. The molecule has 0 aliphatic carbocycles. The zero-order valence-corrected chi connectivity index (χ0v) is 11.5. The van der Waals surface area contributed by atoms with Crippen LogP contribution in [0.15, 0.2) is 36.4 Å². The van der Waals surface area contributed by atoms with Crippen molar-refractivity contribution in [2.75, 3.05) is 5.32 Å². The Labute approximate surface area is 121 Å². The summed E-state index contributed by atoms with van der Waals surface area (Å²) >= 11 is 0. The van der Waals surface area contributed by atoms with Crippen LogP contribution < -0.4 is 15.5 Å². The van der Waals surface area contributed by atoms with Crippen molar-refractivity contribution in [2.45, 2.75) is 12.5 Å². The van der Waals surface area contributed by atoms with Gasteiger partial charge in [0.2, 0.25) is 5.60 Å². The Kier molecular flexibility index (Phi) is 2.97. The Balaban J connectivity index is 2.09. The highest BCUT2D eigenvalue weighted by atomic mass is 19.1. The minimum absolute atomic E-state index is 0.128. The molecule has 21 heavy (non-hydrogen) atoms. The van der Waals surface area contributed by atoms with Gasteiger partial charge < -0.3 is 10.1 Å². The van der Waals surface area contributed by atoms with Crippen molar-refractivity contribution in [2.24, 2.45) is 0 Å². The van der Waals surface area contributed by atoms with E-state index in [1.165, 1.54) is 6.92 Å². The molecule has 1 atom stereocenters. The Morgan fingerprint density at radius 2 is 1.81 bits per heavy atom. The first-order valence-corrected chi connectivity index (χ1v) is 6.46. The minimum Gasteiger partial charge on any atom is -0.471 e. The number of carbonyl (C=O) groups is 1. The zero-order chi connectivity index (χ0) is 15.2. The van der Waals surface area contributed by atoms with Gasteiger partial charge in [0.05, 0.1) is 5.69 Å². The molecular formula is C15H12BF2NO2. The predicted octanol–water partition coefficient (Wildman–Crippen LogP) is 1.47. The molecule has 1 N–H and O–H groups in total. The van der Waals surface area contributed by atoms with E-state index in [0.717, 1.165) is 23.7 Å². The quantitative estimate of drug-likeness (QED) is 0.807. The minimum atomic E-state index is -1.48. The maximum absolute atomic E-state index is 13.4. The summed E-state index contributed by atoms with van der Waals surface area (Å²) in [6.07, 6.45) is 0. The summed E-state index contributed by atoms with van der Waals surface area (Å²) in [5.74, 6) is -1.51. The summed E-state index contributed by atoms with van der Waals surface area (Å²) < 4.78 is 32.5. The maximum Gasteiger partial charge on any atom is 0.273 e. The van der Waals surface area contributed by atoms with Gasteiger partial charge in [0.15, 0.2) is 0 Å². The van der Waals surface area contributed by atoms with E-state index in [0.29, 0.717) is 11.4 Å². The van der Waals surface area contributed by atoms with Gasteiger partial charge in [0.1, 0.15) is 25.2 Å². The number of fused-ring (bicyclic) bond motifs is 1. The molecule has 0 saturated heterocycles. The van der Waals surface area contributed by atoms with Crippen LogP contribution in [-0.2, 0) is 10.4 Å². The number of hydrogen-bond acceptors (Lipinski definition) is 2. The molecular weight excluding hydrogens is 275 g/mol. The Hall–Kier alpha value is -2.37. The first kappa shape index (κ1) is 13.6. The van der Waals surface area contributed by atoms with Crippen LogP contribution in [-0.4, -0.2) is 13.8 Å². The van der Waals surface area contributed by atoms with E-state index in [1.54, 1.807) is 12.1 Å². The lowest BCUT2D eigenvalue weighted by atomic mass is 9.91. The van der Waals surface area contributed by atoms with Gasteiger partial charge in [0, 0.05) is 11.6 Å². The monoisotopic (exact) mass is 287 g/mol. The van der Waals surface area contributed by atoms with Gasteiger partial charge in [0.25, 0.3) is 5.91 Å². The zero-order valence-electron chi connectivity index (χ0n) is 11.5. The first-order valence-electron chi connectivity index (χ1n) is 6.46. The number of anilines is 1. The molecule has 106 valence electrons. The molecule has 3 rings (SSSR count). The van der Waals surface area contributed by atoms with E-state index in [2.05, 4.69) is 5.32 Å². The van der Waals surface area contributed by atoms with Crippen LogP contribution in [0.2, 0.25) is 0 Å². The van der Waals surface area contributed by atoms with E-state index < -0.39 is 23.1 Å². The van der Waals surface area contributed by atoms with Crippen LogP contribution in [0.5, 0.6) is 5.75 Å². The first-order chi connectivity index (χ1) is 9.88. The number of nitrogens with one attached hydrogen (secondary N) is 1. The third-order valence-corrected chi connectivity index (χ3v) is 3.54. The van der Waals surface area contributed by atoms with Crippen molar-refractivity contribution < 1.29 is 18.3 Å². The molecule has 0 fully saturated rings. The van der Waals surface area contributed by atoms with Crippen molar-refractivity contribution >= 4 is 24.9 Å². The lowest BCUT2D eigenvalue weighted by molar-refractivity contribution is -0.131. The van der Waals surface area contributed by atoms with E-state index >= 15 is 0 Å². The Morgan fingerprint density at radius 1 is 1.14 bits per heavy atom. The van der Waals surface area contributed by atoms with E-state index in [4.69, 9.17) is 4.74 Å². The highest BCUT2D eigenvalue weighted by Gasteiger charge is 2.42. The molecule has 0 radical (unpaired) electrons. The topological polar surface area (TPSA) is 38.3 Å². The lowest BCUT2D eigenvalue weighted by Crippen LogP contribution is -2.46. The fourth-order valence-corrected chi connectivity index (χ4v) is 2.36. The number of carbonyl (C=O) groups excluding carboxylic acids is 1. The van der Waals surface area contributed by atoms with Gasteiger partial charge in [-0.25, -0.2) is 8.78 Å². The number of hydrogen-bond donors (Lipinski definition) is 1. The van der Waals surface area contributed by atoms with Crippen LogP contribution in [0.1, 0.15) is 12.5 Å². The Bertz CT molecular complexity index is 730. The van der Waals surface area contributed by atoms with Gasteiger partial charge in [-0.15, -0.1) is 0 Å². The summed E-state index contributed by atoms with van der Waals surface area (Å²) in [6, 6.07) is 8.29. The summed E-state index contributed by atoms with van der Waals surface area (Å²) in [5.41, 5.74) is 0.168. The van der Waals surface area contributed by atoms with E-state index in [-0.39, 0.29) is 5.56 Å². The largest absolute Gasteiger partial charge is 0.471 e. The number of ether oxygens (including phenoxy) is 1. The second kappa shape index (κ2) is 4.58. The fraction of sp³-hybridized carbons (Fsp3) is 0.133. The van der Waals surface area contributed by atoms with Crippen LogP contribution in [0.3, 0.4) is 0 Å². The van der Waals surface area contributed by atoms with Crippen LogP contribution in [0.4, 0.5) is 14.5 Å². The normalized spacial score (nSPS) is 20.4. The molecule has 0 spiro atoms. The summed E-state index contributed by atoms with van der Waals surface area (Å²) in [7, 11) is 1.89.